The summed E-state index contributed by atoms with van der Waals surface area (Å²) in [6.45, 7) is 0. The molecule has 0 aliphatic heterocycles. The molecule has 2 amide bonds. The lowest BCUT2D eigenvalue weighted by molar-refractivity contribution is -0.131. The summed E-state index contributed by atoms with van der Waals surface area (Å²) in [7, 11) is 0. The van der Waals surface area contributed by atoms with Crippen LogP contribution in [-0.2, 0) is 9.59 Å². The Bertz CT molecular complexity index is 331. The number of carbonyl (C=O) groups is 2. The average molecular weight is 278 g/mol. The molecule has 0 heterocycles. The van der Waals surface area contributed by atoms with Gasteiger partial charge in [-0.25, -0.2) is 0 Å². The van der Waals surface area contributed by atoms with E-state index in [4.69, 9.17) is 0 Å². The number of rotatable bonds is 4. The van der Waals surface area contributed by atoms with E-state index < -0.39 is 0 Å². The minimum atomic E-state index is 0.142. The molecule has 4 heteroatoms. The summed E-state index contributed by atoms with van der Waals surface area (Å²) in [5.41, 5.74) is 0. The van der Waals surface area contributed by atoms with Gasteiger partial charge in [-0.2, -0.15) is 0 Å². The molecule has 0 radical (unpaired) electrons. The van der Waals surface area contributed by atoms with Gasteiger partial charge in [0.2, 0.25) is 11.8 Å². The van der Waals surface area contributed by atoms with Crippen molar-refractivity contribution in [2.45, 2.75) is 76.3 Å². The van der Waals surface area contributed by atoms with Crippen molar-refractivity contribution in [3.05, 3.63) is 0 Å². The molecule has 0 unspecified atom stereocenters. The predicted molar refractivity (Wildman–Crippen MR) is 77.0 cm³/mol. The maximum atomic E-state index is 12.1. The van der Waals surface area contributed by atoms with Gasteiger partial charge in [-0.3, -0.25) is 9.59 Å². The lowest BCUT2D eigenvalue weighted by Crippen LogP contribution is -2.45. The number of amides is 2. The molecule has 2 N–H and O–H groups in total. The van der Waals surface area contributed by atoms with Crippen LogP contribution in [0.4, 0.5) is 0 Å². The molecule has 0 saturated heterocycles. The maximum Gasteiger partial charge on any atom is 0.223 e. The summed E-state index contributed by atoms with van der Waals surface area (Å²) in [6.07, 6.45) is 10.6. The Hall–Kier alpha value is -1.06. The monoisotopic (exact) mass is 278 g/mol. The highest BCUT2D eigenvalue weighted by Crippen LogP contribution is 2.30. The number of carbonyl (C=O) groups excluding carboxylic acids is 2. The molecule has 3 fully saturated rings. The molecule has 20 heavy (non-hydrogen) atoms. The van der Waals surface area contributed by atoms with Crippen molar-refractivity contribution in [2.24, 2.45) is 11.8 Å². The first kappa shape index (κ1) is 13.9. The van der Waals surface area contributed by atoms with Crippen LogP contribution >= 0.6 is 0 Å². The molecule has 0 bridgehead atoms. The molecule has 4 nitrogen and oxygen atoms in total. The summed E-state index contributed by atoms with van der Waals surface area (Å²) in [5, 5.41) is 6.28. The summed E-state index contributed by atoms with van der Waals surface area (Å²) >= 11 is 0. The molecule has 0 aromatic carbocycles. The lowest BCUT2D eigenvalue weighted by atomic mass is 9.80. The Kier molecular flexibility index (Phi) is 4.27. The van der Waals surface area contributed by atoms with Gasteiger partial charge in [0.15, 0.2) is 0 Å². The zero-order valence-corrected chi connectivity index (χ0v) is 12.2. The number of hydrogen-bond donors (Lipinski definition) is 2. The fraction of sp³-hybridized carbons (Fsp3) is 0.875. The van der Waals surface area contributed by atoms with E-state index in [9.17, 15) is 9.59 Å². The van der Waals surface area contributed by atoms with E-state index in [1.807, 2.05) is 0 Å². The Morgan fingerprint density at radius 1 is 0.600 bits per heavy atom. The van der Waals surface area contributed by atoms with Crippen LogP contribution in [0.25, 0.3) is 0 Å². The molecule has 0 spiro atoms. The van der Waals surface area contributed by atoms with E-state index >= 15 is 0 Å². The van der Waals surface area contributed by atoms with Crippen LogP contribution < -0.4 is 10.6 Å². The minimum Gasteiger partial charge on any atom is -0.353 e. The minimum absolute atomic E-state index is 0.142. The highest BCUT2D eigenvalue weighted by molar-refractivity contribution is 5.81. The van der Waals surface area contributed by atoms with Crippen molar-refractivity contribution in [1.29, 1.82) is 0 Å². The van der Waals surface area contributed by atoms with Gasteiger partial charge in [-0.15, -0.1) is 0 Å². The molecule has 112 valence electrons. The van der Waals surface area contributed by atoms with Gasteiger partial charge < -0.3 is 10.6 Å². The van der Waals surface area contributed by atoms with Gasteiger partial charge in [0.05, 0.1) is 0 Å². The zero-order chi connectivity index (χ0) is 13.9. The normalized spacial score (nSPS) is 31.0. The van der Waals surface area contributed by atoms with Crippen LogP contribution in [0, 0.1) is 11.8 Å². The second-order valence-electron chi connectivity index (χ2n) is 6.82. The fourth-order valence-corrected chi connectivity index (χ4v) is 3.36. The van der Waals surface area contributed by atoms with Crippen LogP contribution in [0.5, 0.6) is 0 Å². The number of nitrogens with one attached hydrogen (secondary N) is 2. The molecule has 3 saturated carbocycles. The first-order valence-corrected chi connectivity index (χ1v) is 8.33. The van der Waals surface area contributed by atoms with Crippen LogP contribution in [0.1, 0.15) is 64.2 Å². The summed E-state index contributed by atoms with van der Waals surface area (Å²) in [4.78, 5) is 24.2. The first-order chi connectivity index (χ1) is 9.72. The second kappa shape index (κ2) is 6.15. The van der Waals surface area contributed by atoms with Gasteiger partial charge in [0.1, 0.15) is 0 Å². The van der Waals surface area contributed by atoms with Crippen molar-refractivity contribution in [3.63, 3.8) is 0 Å². The van der Waals surface area contributed by atoms with Crippen molar-refractivity contribution in [1.82, 2.24) is 10.6 Å². The van der Waals surface area contributed by atoms with Crippen LogP contribution in [0.15, 0.2) is 0 Å². The molecule has 3 aliphatic carbocycles. The summed E-state index contributed by atoms with van der Waals surface area (Å²) in [6, 6.07) is 0.865. The highest BCUT2D eigenvalue weighted by atomic mass is 16.2. The van der Waals surface area contributed by atoms with E-state index in [0.717, 1.165) is 51.4 Å². The molecular weight excluding hydrogens is 252 g/mol. The first-order valence-electron chi connectivity index (χ1n) is 8.33. The van der Waals surface area contributed by atoms with E-state index in [-0.39, 0.29) is 23.7 Å². The van der Waals surface area contributed by atoms with Crippen molar-refractivity contribution in [3.8, 4) is 0 Å². The summed E-state index contributed by atoms with van der Waals surface area (Å²) in [5.74, 6) is 0.742. The quantitative estimate of drug-likeness (QED) is 0.827. The Morgan fingerprint density at radius 2 is 0.950 bits per heavy atom. The number of hydrogen-bond acceptors (Lipinski definition) is 2. The zero-order valence-electron chi connectivity index (χ0n) is 12.2. The molecule has 3 rings (SSSR count). The van der Waals surface area contributed by atoms with E-state index in [0.29, 0.717) is 12.1 Å². The second-order valence-corrected chi connectivity index (χ2v) is 6.82. The van der Waals surface area contributed by atoms with Crippen LogP contribution in [0.2, 0.25) is 0 Å². The SMILES string of the molecule is O=C(NC1CCC1)C1CCC(C(=O)NC2CCC2)CC1. The highest BCUT2D eigenvalue weighted by Gasteiger charge is 2.32. The maximum absolute atomic E-state index is 12.1. The summed E-state index contributed by atoms with van der Waals surface area (Å²) < 4.78 is 0. The van der Waals surface area contributed by atoms with Gasteiger partial charge in [0.25, 0.3) is 0 Å². The smallest absolute Gasteiger partial charge is 0.223 e. The van der Waals surface area contributed by atoms with Crippen molar-refractivity contribution in [2.75, 3.05) is 0 Å². The van der Waals surface area contributed by atoms with Crippen LogP contribution in [-0.4, -0.2) is 23.9 Å². The van der Waals surface area contributed by atoms with E-state index in [1.165, 1.54) is 12.8 Å². The largest absolute Gasteiger partial charge is 0.353 e. The standard InChI is InChI=1S/C16H26N2O2/c19-15(17-13-3-1-4-13)11-7-9-12(10-8-11)16(20)18-14-5-2-6-14/h11-14H,1-10H2,(H,17,19)(H,18,20). The molecule has 0 aromatic rings. The Balaban J connectivity index is 1.39. The molecule has 0 aromatic heterocycles. The Morgan fingerprint density at radius 3 is 1.20 bits per heavy atom. The van der Waals surface area contributed by atoms with E-state index in [2.05, 4.69) is 10.6 Å². The third kappa shape index (κ3) is 3.15. The predicted octanol–water partition coefficient (Wildman–Crippen LogP) is 2.13. The van der Waals surface area contributed by atoms with Gasteiger partial charge >= 0.3 is 0 Å². The van der Waals surface area contributed by atoms with Crippen molar-refractivity contribution >= 4 is 11.8 Å². The lowest BCUT2D eigenvalue weighted by Gasteiger charge is -2.33. The molecular formula is C16H26N2O2. The van der Waals surface area contributed by atoms with Crippen LogP contribution in [0.3, 0.4) is 0 Å². The third-order valence-electron chi connectivity index (χ3n) is 5.37. The topological polar surface area (TPSA) is 58.2 Å². The average Bonchev–Trinajstić information content (AvgIpc) is 2.38. The third-order valence-corrected chi connectivity index (χ3v) is 5.37. The fourth-order valence-electron chi connectivity index (χ4n) is 3.36. The Labute approximate surface area is 121 Å². The van der Waals surface area contributed by atoms with Gasteiger partial charge in [0, 0.05) is 23.9 Å². The van der Waals surface area contributed by atoms with Gasteiger partial charge in [-0.05, 0) is 64.2 Å². The van der Waals surface area contributed by atoms with Gasteiger partial charge in [-0.1, -0.05) is 0 Å². The molecule has 3 aliphatic rings. The van der Waals surface area contributed by atoms with E-state index in [1.54, 1.807) is 0 Å². The van der Waals surface area contributed by atoms with Crippen molar-refractivity contribution < 1.29 is 9.59 Å². The molecule has 0 atom stereocenters.